The maximum atomic E-state index is 13.4. The Morgan fingerprint density at radius 2 is 2.12 bits per heavy atom. The van der Waals surface area contributed by atoms with Crippen molar-refractivity contribution in [1.82, 2.24) is 0 Å². The fraction of sp³-hybridized carbons (Fsp3) is 0.273. The number of benzene rings is 1. The average molecular weight is 260 g/mol. The molecule has 0 radical (unpaired) electrons. The number of halogens is 2. The second kappa shape index (κ2) is 4.71. The Kier molecular flexibility index (Phi) is 3.72. The highest BCUT2D eigenvalue weighted by molar-refractivity contribution is 6.30. The van der Waals surface area contributed by atoms with Gasteiger partial charge in [0, 0.05) is 11.4 Å². The lowest BCUT2D eigenvalue weighted by Crippen LogP contribution is -2.43. The van der Waals surface area contributed by atoms with Gasteiger partial charge in [-0.05, 0) is 30.7 Å². The summed E-state index contributed by atoms with van der Waals surface area (Å²) in [6, 6.07) is 3.73. The van der Waals surface area contributed by atoms with Gasteiger partial charge in [0.15, 0.2) is 0 Å². The SMILES string of the molecule is CC(Cc1cc(Cl)ccc1F)(C(N)=O)C(=O)O. The monoisotopic (exact) mass is 259 g/mol. The number of amides is 1. The summed E-state index contributed by atoms with van der Waals surface area (Å²) in [6.45, 7) is 1.15. The number of carboxylic acid groups (broad SMARTS) is 1. The highest BCUT2D eigenvalue weighted by Gasteiger charge is 2.40. The van der Waals surface area contributed by atoms with E-state index >= 15 is 0 Å². The largest absolute Gasteiger partial charge is 0.480 e. The Balaban J connectivity index is 3.15. The van der Waals surface area contributed by atoms with Gasteiger partial charge in [0.1, 0.15) is 11.2 Å². The standard InChI is InChI=1S/C11H11ClFNO3/c1-11(9(14)15,10(16)17)5-6-4-7(12)2-3-8(6)13/h2-4H,5H2,1H3,(H2,14,15)(H,16,17). The molecule has 0 saturated heterocycles. The molecule has 0 aliphatic rings. The maximum absolute atomic E-state index is 13.4. The second-order valence-corrected chi connectivity index (χ2v) is 4.35. The highest BCUT2D eigenvalue weighted by atomic mass is 35.5. The molecule has 0 aliphatic carbocycles. The topological polar surface area (TPSA) is 80.4 Å². The number of carboxylic acids is 1. The molecular formula is C11H11ClFNO3. The average Bonchev–Trinajstić information content (AvgIpc) is 2.22. The summed E-state index contributed by atoms with van der Waals surface area (Å²) in [7, 11) is 0. The summed E-state index contributed by atoms with van der Waals surface area (Å²) < 4.78 is 13.4. The molecule has 0 aliphatic heterocycles. The van der Waals surface area contributed by atoms with Gasteiger partial charge in [-0.3, -0.25) is 9.59 Å². The summed E-state index contributed by atoms with van der Waals surface area (Å²) in [6.07, 6.45) is -0.343. The third-order valence-electron chi connectivity index (χ3n) is 2.57. The van der Waals surface area contributed by atoms with Crippen LogP contribution in [0.25, 0.3) is 0 Å². The van der Waals surface area contributed by atoms with E-state index in [-0.39, 0.29) is 17.0 Å². The molecule has 0 fully saturated rings. The summed E-state index contributed by atoms with van der Waals surface area (Å²) in [5, 5.41) is 9.23. The van der Waals surface area contributed by atoms with Gasteiger partial charge in [-0.2, -0.15) is 0 Å². The van der Waals surface area contributed by atoms with Crippen LogP contribution in [0.3, 0.4) is 0 Å². The maximum Gasteiger partial charge on any atom is 0.319 e. The van der Waals surface area contributed by atoms with Gasteiger partial charge in [0.05, 0.1) is 0 Å². The van der Waals surface area contributed by atoms with Crippen molar-refractivity contribution in [2.24, 2.45) is 11.1 Å². The lowest BCUT2D eigenvalue weighted by Gasteiger charge is -2.21. The minimum atomic E-state index is -1.86. The fourth-order valence-corrected chi connectivity index (χ4v) is 1.52. The molecule has 1 aromatic carbocycles. The summed E-state index contributed by atoms with van der Waals surface area (Å²) in [4.78, 5) is 22.2. The Bertz CT molecular complexity index is 462. The molecule has 4 nitrogen and oxygen atoms in total. The molecule has 1 unspecified atom stereocenters. The van der Waals surface area contributed by atoms with Gasteiger partial charge in [0.2, 0.25) is 5.91 Å². The second-order valence-electron chi connectivity index (χ2n) is 3.91. The number of hydrogen-bond acceptors (Lipinski definition) is 2. The molecule has 1 atom stereocenters. The van der Waals surface area contributed by atoms with Gasteiger partial charge >= 0.3 is 5.97 Å². The van der Waals surface area contributed by atoms with E-state index in [0.717, 1.165) is 13.0 Å². The minimum Gasteiger partial charge on any atom is -0.480 e. The van der Waals surface area contributed by atoms with Crippen LogP contribution in [0.2, 0.25) is 5.02 Å². The van der Waals surface area contributed by atoms with Crippen LogP contribution in [0.5, 0.6) is 0 Å². The van der Waals surface area contributed by atoms with Crippen molar-refractivity contribution < 1.29 is 19.1 Å². The van der Waals surface area contributed by atoms with Crippen LogP contribution in [0, 0.1) is 11.2 Å². The molecule has 1 rings (SSSR count). The molecule has 6 heteroatoms. The van der Waals surface area contributed by atoms with E-state index in [9.17, 15) is 14.0 Å². The zero-order valence-electron chi connectivity index (χ0n) is 9.04. The summed E-state index contributed by atoms with van der Waals surface area (Å²) in [5.74, 6) is -3.04. The van der Waals surface area contributed by atoms with Crippen LogP contribution in [-0.2, 0) is 16.0 Å². The number of rotatable bonds is 4. The van der Waals surface area contributed by atoms with E-state index in [1.54, 1.807) is 0 Å². The zero-order valence-corrected chi connectivity index (χ0v) is 9.79. The molecule has 92 valence electrons. The minimum absolute atomic E-state index is 0.0428. The van der Waals surface area contributed by atoms with Crippen molar-refractivity contribution in [3.05, 3.63) is 34.6 Å². The van der Waals surface area contributed by atoms with Gasteiger partial charge in [-0.15, -0.1) is 0 Å². The lowest BCUT2D eigenvalue weighted by molar-refractivity contribution is -0.153. The summed E-state index contributed by atoms with van der Waals surface area (Å²) >= 11 is 5.67. The van der Waals surface area contributed by atoms with Crippen molar-refractivity contribution in [2.75, 3.05) is 0 Å². The first kappa shape index (κ1) is 13.4. The molecule has 1 amide bonds. The van der Waals surface area contributed by atoms with Gasteiger partial charge in [-0.1, -0.05) is 11.6 Å². The van der Waals surface area contributed by atoms with Crippen LogP contribution in [-0.4, -0.2) is 17.0 Å². The molecule has 0 heterocycles. The molecule has 0 aromatic heterocycles. The molecule has 0 spiro atoms. The predicted molar refractivity (Wildman–Crippen MR) is 60.1 cm³/mol. The van der Waals surface area contributed by atoms with Crippen LogP contribution in [0.1, 0.15) is 12.5 Å². The van der Waals surface area contributed by atoms with Crippen LogP contribution >= 0.6 is 11.6 Å². The predicted octanol–water partition coefficient (Wildman–Crippen LogP) is 1.60. The molecule has 0 saturated carbocycles. The normalized spacial score (nSPS) is 14.1. The van der Waals surface area contributed by atoms with E-state index in [4.69, 9.17) is 22.4 Å². The number of carbonyl (C=O) groups is 2. The van der Waals surface area contributed by atoms with Crippen molar-refractivity contribution in [3.8, 4) is 0 Å². The van der Waals surface area contributed by atoms with E-state index in [1.165, 1.54) is 12.1 Å². The Morgan fingerprint density at radius 1 is 1.53 bits per heavy atom. The third kappa shape index (κ3) is 2.74. The lowest BCUT2D eigenvalue weighted by atomic mass is 9.83. The number of carbonyl (C=O) groups excluding carboxylic acids is 1. The molecular weight excluding hydrogens is 249 g/mol. The third-order valence-corrected chi connectivity index (χ3v) is 2.80. The van der Waals surface area contributed by atoms with E-state index in [1.807, 2.05) is 0 Å². The van der Waals surface area contributed by atoms with Crippen molar-refractivity contribution >= 4 is 23.5 Å². The van der Waals surface area contributed by atoms with E-state index in [0.29, 0.717) is 0 Å². The smallest absolute Gasteiger partial charge is 0.319 e. The van der Waals surface area contributed by atoms with Gasteiger partial charge in [0.25, 0.3) is 0 Å². The zero-order chi connectivity index (χ0) is 13.2. The fourth-order valence-electron chi connectivity index (χ4n) is 1.33. The molecule has 17 heavy (non-hydrogen) atoms. The Hall–Kier alpha value is -1.62. The van der Waals surface area contributed by atoms with Crippen molar-refractivity contribution in [1.29, 1.82) is 0 Å². The van der Waals surface area contributed by atoms with E-state index < -0.39 is 23.1 Å². The molecule has 0 bridgehead atoms. The van der Waals surface area contributed by atoms with Gasteiger partial charge in [-0.25, -0.2) is 4.39 Å². The van der Waals surface area contributed by atoms with Crippen molar-refractivity contribution in [3.63, 3.8) is 0 Å². The number of primary amides is 1. The first-order chi connectivity index (χ1) is 7.77. The first-order valence-corrected chi connectivity index (χ1v) is 5.12. The number of hydrogen-bond donors (Lipinski definition) is 2. The highest BCUT2D eigenvalue weighted by Crippen LogP contribution is 2.26. The van der Waals surface area contributed by atoms with Gasteiger partial charge < -0.3 is 10.8 Å². The number of aliphatic carboxylic acids is 1. The molecule has 3 N–H and O–H groups in total. The quantitative estimate of drug-likeness (QED) is 0.806. The van der Waals surface area contributed by atoms with Crippen molar-refractivity contribution in [2.45, 2.75) is 13.3 Å². The Morgan fingerprint density at radius 3 is 2.59 bits per heavy atom. The van der Waals surface area contributed by atoms with Crippen LogP contribution in [0.4, 0.5) is 4.39 Å². The van der Waals surface area contributed by atoms with Crippen LogP contribution in [0.15, 0.2) is 18.2 Å². The van der Waals surface area contributed by atoms with E-state index in [2.05, 4.69) is 0 Å². The summed E-state index contributed by atoms with van der Waals surface area (Å²) in [5.41, 5.74) is 3.22. The van der Waals surface area contributed by atoms with Crippen LogP contribution < -0.4 is 5.73 Å². The molecule has 1 aromatic rings. The Labute approximate surface area is 102 Å². The first-order valence-electron chi connectivity index (χ1n) is 4.74. The number of nitrogens with two attached hydrogens (primary N) is 1.